The summed E-state index contributed by atoms with van der Waals surface area (Å²) < 4.78 is 19.7. The van der Waals surface area contributed by atoms with Gasteiger partial charge in [-0.1, -0.05) is 0 Å². The molecular weight excluding hydrogens is 441 g/mol. The molecule has 10 nitrogen and oxygen atoms in total. The number of nitrogens with one attached hydrogen (secondary N) is 4. The van der Waals surface area contributed by atoms with Crippen LogP contribution >= 0.6 is 11.8 Å². The van der Waals surface area contributed by atoms with Gasteiger partial charge < -0.3 is 15.4 Å². The molecule has 0 aliphatic carbocycles. The Morgan fingerprint density at radius 1 is 1.22 bits per heavy atom. The van der Waals surface area contributed by atoms with Gasteiger partial charge in [-0.15, -0.1) is 11.8 Å². The highest BCUT2D eigenvalue weighted by atomic mass is 32.2. The first-order chi connectivity index (χ1) is 14.7. The average Bonchev–Trinajstić information content (AvgIpc) is 2.82. The lowest BCUT2D eigenvalue weighted by atomic mass is 9.95. The second kappa shape index (κ2) is 9.44. The molecule has 1 aromatic carbocycles. The molecule has 4 amide bonds. The van der Waals surface area contributed by atoms with Crippen LogP contribution in [-0.2, 0) is 14.3 Å². The van der Waals surface area contributed by atoms with Gasteiger partial charge in [-0.2, -0.15) is 5.26 Å². The maximum Gasteiger partial charge on any atom is 0.408 e. The van der Waals surface area contributed by atoms with Gasteiger partial charge in [0.25, 0.3) is 11.8 Å². The predicted molar refractivity (Wildman–Crippen MR) is 114 cm³/mol. The quantitative estimate of drug-likeness (QED) is 0.499. The summed E-state index contributed by atoms with van der Waals surface area (Å²) in [6.45, 7) is 7.76. The zero-order valence-corrected chi connectivity index (χ0v) is 19.0. The van der Waals surface area contributed by atoms with Gasteiger partial charge in [0.15, 0.2) is 0 Å². The summed E-state index contributed by atoms with van der Waals surface area (Å²) in [5.74, 6) is -3.08. The van der Waals surface area contributed by atoms with Crippen LogP contribution in [0.5, 0.6) is 0 Å². The van der Waals surface area contributed by atoms with Crippen LogP contribution in [0.1, 0.15) is 45.0 Å². The normalized spacial score (nSPS) is 15.9. The van der Waals surface area contributed by atoms with E-state index in [1.807, 2.05) is 5.43 Å². The molecule has 172 valence electrons. The highest BCUT2D eigenvalue weighted by molar-refractivity contribution is 7.99. The van der Waals surface area contributed by atoms with Gasteiger partial charge in [-0.05, 0) is 46.8 Å². The Hall–Kier alpha value is -3.33. The van der Waals surface area contributed by atoms with Crippen molar-refractivity contribution in [2.24, 2.45) is 5.41 Å². The zero-order chi connectivity index (χ0) is 24.3. The number of benzene rings is 1. The molecule has 1 atom stereocenters. The number of halogens is 1. The molecule has 1 aliphatic rings. The summed E-state index contributed by atoms with van der Waals surface area (Å²) >= 11 is 1.11. The number of thioether (sulfide) groups is 1. The third-order valence-corrected chi connectivity index (χ3v) is 5.27. The zero-order valence-electron chi connectivity index (χ0n) is 18.2. The van der Waals surface area contributed by atoms with Crippen molar-refractivity contribution in [1.82, 2.24) is 16.2 Å². The van der Waals surface area contributed by atoms with Gasteiger partial charge in [-0.3, -0.25) is 25.2 Å². The van der Waals surface area contributed by atoms with Crippen LogP contribution in [0.25, 0.3) is 0 Å². The molecule has 0 aromatic heterocycles. The maximum absolute atomic E-state index is 14.5. The summed E-state index contributed by atoms with van der Waals surface area (Å²) in [5.41, 5.74) is 1.70. The lowest BCUT2D eigenvalue weighted by molar-refractivity contribution is -0.127. The number of anilines is 1. The van der Waals surface area contributed by atoms with Gasteiger partial charge in [-0.25, -0.2) is 9.18 Å². The number of carbonyl (C=O) groups is 4. The highest BCUT2D eigenvalue weighted by Gasteiger charge is 2.30. The van der Waals surface area contributed by atoms with E-state index in [0.717, 1.165) is 23.9 Å². The summed E-state index contributed by atoms with van der Waals surface area (Å²) in [6.07, 6.45) is -0.772. The van der Waals surface area contributed by atoms with E-state index in [1.165, 1.54) is 13.8 Å². The molecule has 0 fully saturated rings. The topological polar surface area (TPSA) is 149 Å². The molecule has 4 N–H and O–H groups in total. The van der Waals surface area contributed by atoms with Crippen molar-refractivity contribution >= 4 is 41.3 Å². The standard InChI is InChI=1S/C20H24FN5O5S/c1-19(2,3)31-18(30)24-13-8-32-14-7-11(21)10(6-12(14)23-16(13)28)15(27)25-26-17(29)20(4,5)9-22/h6-7,13H,8H2,1-5H3,(H,23,28)(H,24,30)(H,25,27)(H,26,29)/t13-/m0/s1. The van der Waals surface area contributed by atoms with Crippen LogP contribution in [0, 0.1) is 22.6 Å². The van der Waals surface area contributed by atoms with Crippen LogP contribution in [0.2, 0.25) is 0 Å². The SMILES string of the molecule is CC(C)(C)OC(=O)N[C@H]1CSc2cc(F)c(C(=O)NNC(=O)C(C)(C)C#N)cc2NC1=O. The van der Waals surface area contributed by atoms with E-state index in [9.17, 15) is 23.6 Å². The monoisotopic (exact) mass is 465 g/mol. The smallest absolute Gasteiger partial charge is 0.408 e. The minimum atomic E-state index is -1.40. The molecule has 1 aromatic rings. The first-order valence-electron chi connectivity index (χ1n) is 9.52. The molecule has 0 radical (unpaired) electrons. The fourth-order valence-electron chi connectivity index (χ4n) is 2.36. The molecule has 0 spiro atoms. The van der Waals surface area contributed by atoms with Crippen molar-refractivity contribution in [1.29, 1.82) is 5.26 Å². The Bertz CT molecular complexity index is 999. The molecule has 0 bridgehead atoms. The molecule has 1 aliphatic heterocycles. The third-order valence-electron chi connectivity index (χ3n) is 4.12. The van der Waals surface area contributed by atoms with Gasteiger partial charge in [0.1, 0.15) is 22.9 Å². The third kappa shape index (κ3) is 6.34. The van der Waals surface area contributed by atoms with Crippen LogP contribution in [-0.4, -0.2) is 41.2 Å². The van der Waals surface area contributed by atoms with Crippen molar-refractivity contribution in [3.05, 3.63) is 23.5 Å². The van der Waals surface area contributed by atoms with Crippen LogP contribution in [0.3, 0.4) is 0 Å². The minimum Gasteiger partial charge on any atom is -0.444 e. The van der Waals surface area contributed by atoms with Gasteiger partial charge in [0.2, 0.25) is 5.91 Å². The summed E-state index contributed by atoms with van der Waals surface area (Å²) in [4.78, 5) is 49.1. The minimum absolute atomic E-state index is 0.113. The number of hydrogen-bond acceptors (Lipinski definition) is 7. The molecule has 1 heterocycles. The molecule has 2 rings (SSSR count). The van der Waals surface area contributed by atoms with Crippen molar-refractivity contribution in [2.75, 3.05) is 11.1 Å². The lowest BCUT2D eigenvalue weighted by Crippen LogP contribution is -2.47. The van der Waals surface area contributed by atoms with E-state index in [-0.39, 0.29) is 11.4 Å². The maximum atomic E-state index is 14.5. The number of rotatable bonds is 3. The van der Waals surface area contributed by atoms with Crippen LogP contribution in [0.4, 0.5) is 14.9 Å². The first kappa shape index (κ1) is 24.9. The molecule has 32 heavy (non-hydrogen) atoms. The van der Waals surface area contributed by atoms with Crippen molar-refractivity contribution in [2.45, 2.75) is 51.2 Å². The van der Waals surface area contributed by atoms with Gasteiger partial charge >= 0.3 is 6.09 Å². The summed E-state index contributed by atoms with van der Waals surface area (Å²) in [6, 6.07) is 3.03. The number of fused-ring (bicyclic) bond motifs is 1. The van der Waals surface area contributed by atoms with Crippen LogP contribution < -0.4 is 21.5 Å². The first-order valence-corrected chi connectivity index (χ1v) is 10.5. The molecule has 0 saturated carbocycles. The Morgan fingerprint density at radius 3 is 2.47 bits per heavy atom. The number of amides is 4. The Labute approximate surface area is 188 Å². The van der Waals surface area contributed by atoms with E-state index in [2.05, 4.69) is 16.1 Å². The van der Waals surface area contributed by atoms with E-state index < -0.39 is 52.3 Å². The van der Waals surface area contributed by atoms with Crippen molar-refractivity contribution < 1.29 is 28.3 Å². The number of hydrogen-bond donors (Lipinski definition) is 4. The fraction of sp³-hybridized carbons (Fsp3) is 0.450. The second-order valence-corrected chi connectivity index (χ2v) is 9.53. The predicted octanol–water partition coefficient (Wildman–Crippen LogP) is 2.07. The van der Waals surface area contributed by atoms with E-state index >= 15 is 0 Å². The van der Waals surface area contributed by atoms with Gasteiger partial charge in [0.05, 0.1) is 17.3 Å². The largest absolute Gasteiger partial charge is 0.444 e. The number of carbonyl (C=O) groups excluding carboxylic acids is 4. The fourth-order valence-corrected chi connectivity index (χ4v) is 3.39. The Balaban J connectivity index is 2.13. The van der Waals surface area contributed by atoms with Crippen LogP contribution in [0.15, 0.2) is 17.0 Å². The van der Waals surface area contributed by atoms with E-state index in [4.69, 9.17) is 10.00 Å². The second-order valence-electron chi connectivity index (χ2n) is 8.47. The molecular formula is C20H24FN5O5S. The number of nitriles is 1. The van der Waals surface area contributed by atoms with Crippen molar-refractivity contribution in [3.63, 3.8) is 0 Å². The molecule has 12 heteroatoms. The van der Waals surface area contributed by atoms with E-state index in [1.54, 1.807) is 26.8 Å². The summed E-state index contributed by atoms with van der Waals surface area (Å²) in [7, 11) is 0. The Morgan fingerprint density at radius 2 is 1.88 bits per heavy atom. The summed E-state index contributed by atoms with van der Waals surface area (Å²) in [5, 5.41) is 14.0. The highest BCUT2D eigenvalue weighted by Crippen LogP contribution is 2.33. The van der Waals surface area contributed by atoms with E-state index in [0.29, 0.717) is 4.90 Å². The number of hydrazine groups is 1. The molecule has 0 unspecified atom stereocenters. The number of nitrogens with zero attached hydrogens (tertiary/aromatic N) is 1. The van der Waals surface area contributed by atoms with Gasteiger partial charge in [0, 0.05) is 10.6 Å². The van der Waals surface area contributed by atoms with Crippen molar-refractivity contribution in [3.8, 4) is 6.07 Å². The number of alkyl carbamates (subject to hydrolysis) is 1. The lowest BCUT2D eigenvalue weighted by Gasteiger charge is -2.22. The number of ether oxygens (including phenoxy) is 1. The Kier molecular flexibility index (Phi) is 7.35. The molecule has 0 saturated heterocycles. The average molecular weight is 466 g/mol.